The molecule has 1 aromatic heterocycles. The molecular weight excluding hydrogens is 342 g/mol. The van der Waals surface area contributed by atoms with Gasteiger partial charge in [-0.1, -0.05) is 13.3 Å². The van der Waals surface area contributed by atoms with Crippen molar-refractivity contribution in [2.75, 3.05) is 19.0 Å². The molecule has 0 amide bonds. The van der Waals surface area contributed by atoms with Crippen LogP contribution in [0.1, 0.15) is 19.8 Å². The van der Waals surface area contributed by atoms with E-state index in [4.69, 9.17) is 9.47 Å². The lowest BCUT2D eigenvalue weighted by Crippen LogP contribution is -2.10. The maximum absolute atomic E-state index is 12.0. The highest BCUT2D eigenvalue weighted by Gasteiger charge is 2.05. The number of aromatic amines is 1. The Kier molecular flexibility index (Phi) is 6.10. The van der Waals surface area contributed by atoms with Crippen molar-refractivity contribution in [3.05, 3.63) is 65.0 Å². The Morgan fingerprint density at radius 2 is 1.74 bits per heavy atom. The van der Waals surface area contributed by atoms with Crippen LogP contribution in [-0.2, 0) is 0 Å². The molecule has 2 N–H and O–H groups in total. The number of unbranched alkanes of at least 4 members (excludes halogenated alkanes) is 1. The van der Waals surface area contributed by atoms with Crippen LogP contribution in [0.25, 0.3) is 11.3 Å². The number of aromatic nitrogens is 2. The van der Waals surface area contributed by atoms with Crippen molar-refractivity contribution in [3.63, 3.8) is 0 Å². The summed E-state index contributed by atoms with van der Waals surface area (Å²) in [5, 5.41) is 3.13. The maximum Gasteiger partial charge on any atom is 0.252 e. The van der Waals surface area contributed by atoms with Gasteiger partial charge in [-0.15, -0.1) is 0 Å². The summed E-state index contributed by atoms with van der Waals surface area (Å²) in [6.45, 7) is 2.84. The van der Waals surface area contributed by atoms with Crippen LogP contribution in [0.2, 0.25) is 0 Å². The van der Waals surface area contributed by atoms with Crippen molar-refractivity contribution in [3.8, 4) is 22.8 Å². The summed E-state index contributed by atoms with van der Waals surface area (Å²) < 4.78 is 10.8. The van der Waals surface area contributed by atoms with Gasteiger partial charge in [0.05, 0.1) is 19.4 Å². The number of hydrogen-bond acceptors (Lipinski definition) is 5. The van der Waals surface area contributed by atoms with Crippen LogP contribution in [0.15, 0.2) is 59.4 Å². The van der Waals surface area contributed by atoms with E-state index in [-0.39, 0.29) is 5.56 Å². The van der Waals surface area contributed by atoms with Crippen LogP contribution < -0.4 is 20.3 Å². The van der Waals surface area contributed by atoms with E-state index in [1.54, 1.807) is 7.11 Å². The Morgan fingerprint density at radius 3 is 2.41 bits per heavy atom. The fourth-order valence-electron chi connectivity index (χ4n) is 2.53. The largest absolute Gasteiger partial charge is 0.497 e. The molecule has 140 valence electrons. The average molecular weight is 365 g/mol. The van der Waals surface area contributed by atoms with E-state index in [1.807, 2.05) is 48.5 Å². The Bertz CT molecular complexity index is 919. The van der Waals surface area contributed by atoms with Gasteiger partial charge in [0.2, 0.25) is 5.95 Å². The van der Waals surface area contributed by atoms with E-state index < -0.39 is 0 Å². The topological polar surface area (TPSA) is 76.2 Å². The van der Waals surface area contributed by atoms with Crippen molar-refractivity contribution < 1.29 is 9.47 Å². The van der Waals surface area contributed by atoms with Gasteiger partial charge in [0.1, 0.15) is 11.5 Å². The van der Waals surface area contributed by atoms with E-state index in [0.29, 0.717) is 18.2 Å². The smallest absolute Gasteiger partial charge is 0.252 e. The molecule has 0 radical (unpaired) electrons. The van der Waals surface area contributed by atoms with Gasteiger partial charge >= 0.3 is 0 Å². The van der Waals surface area contributed by atoms with E-state index in [0.717, 1.165) is 35.6 Å². The van der Waals surface area contributed by atoms with Gasteiger partial charge in [-0.2, -0.15) is 0 Å². The molecule has 0 saturated heterocycles. The van der Waals surface area contributed by atoms with E-state index in [2.05, 4.69) is 22.2 Å². The first-order valence-electron chi connectivity index (χ1n) is 8.93. The fraction of sp³-hybridized carbons (Fsp3) is 0.238. The molecule has 3 rings (SSSR count). The number of anilines is 2. The first-order chi connectivity index (χ1) is 13.2. The molecule has 0 spiro atoms. The first-order valence-corrected chi connectivity index (χ1v) is 8.93. The minimum absolute atomic E-state index is 0.224. The van der Waals surface area contributed by atoms with Gasteiger partial charge in [0.25, 0.3) is 5.56 Å². The van der Waals surface area contributed by atoms with E-state index >= 15 is 0 Å². The van der Waals surface area contributed by atoms with Crippen LogP contribution in [0.5, 0.6) is 11.5 Å². The molecule has 6 nitrogen and oxygen atoms in total. The molecular formula is C21H23N3O3. The van der Waals surface area contributed by atoms with Gasteiger partial charge in [-0.05, 0) is 55.0 Å². The summed E-state index contributed by atoms with van der Waals surface area (Å²) in [5.41, 5.74) is 2.01. The second-order valence-corrected chi connectivity index (χ2v) is 6.06. The lowest BCUT2D eigenvalue weighted by Gasteiger charge is -2.09. The second-order valence-electron chi connectivity index (χ2n) is 6.06. The highest BCUT2D eigenvalue weighted by atomic mass is 16.5. The summed E-state index contributed by atoms with van der Waals surface area (Å²) in [4.78, 5) is 19.2. The number of rotatable bonds is 8. The molecule has 0 aliphatic carbocycles. The Hall–Kier alpha value is -3.28. The molecule has 0 unspecified atom stereocenters. The van der Waals surface area contributed by atoms with Crippen LogP contribution in [-0.4, -0.2) is 23.7 Å². The number of nitrogens with one attached hydrogen (secondary N) is 2. The molecule has 1 heterocycles. The highest BCUT2D eigenvalue weighted by molar-refractivity contribution is 5.62. The van der Waals surface area contributed by atoms with Crippen molar-refractivity contribution >= 4 is 11.6 Å². The zero-order valence-electron chi connectivity index (χ0n) is 15.5. The molecule has 0 bridgehead atoms. The standard InChI is InChI=1S/C21H23N3O3/c1-3-4-13-27-18-11-7-16(8-12-18)22-21-23-19(14-20(25)24-21)15-5-9-17(26-2)10-6-15/h5-12,14H,3-4,13H2,1-2H3,(H2,22,23,24,25). The van der Waals surface area contributed by atoms with Crippen molar-refractivity contribution in [2.24, 2.45) is 0 Å². The lowest BCUT2D eigenvalue weighted by atomic mass is 10.1. The zero-order valence-corrected chi connectivity index (χ0v) is 15.5. The van der Waals surface area contributed by atoms with Crippen LogP contribution in [0, 0.1) is 0 Å². The third kappa shape index (κ3) is 5.10. The summed E-state index contributed by atoms with van der Waals surface area (Å²) in [5.74, 6) is 1.96. The van der Waals surface area contributed by atoms with Crippen LogP contribution in [0.4, 0.5) is 11.6 Å². The highest BCUT2D eigenvalue weighted by Crippen LogP contribution is 2.22. The van der Waals surface area contributed by atoms with Crippen molar-refractivity contribution in [2.45, 2.75) is 19.8 Å². The SMILES string of the molecule is CCCCOc1ccc(Nc2nc(-c3ccc(OC)cc3)cc(=O)[nH]2)cc1. The Morgan fingerprint density at radius 1 is 1.04 bits per heavy atom. The first kappa shape index (κ1) is 18.5. The average Bonchev–Trinajstić information content (AvgIpc) is 2.69. The van der Waals surface area contributed by atoms with Crippen LogP contribution in [0.3, 0.4) is 0 Å². The zero-order chi connectivity index (χ0) is 19.1. The molecule has 6 heteroatoms. The predicted octanol–water partition coefficient (Wildman–Crippen LogP) is 4.37. The van der Waals surface area contributed by atoms with Gasteiger partial charge in [0, 0.05) is 17.3 Å². The molecule has 27 heavy (non-hydrogen) atoms. The number of H-pyrrole nitrogens is 1. The quantitative estimate of drug-likeness (QED) is 0.580. The summed E-state index contributed by atoms with van der Waals surface area (Å²) in [6.07, 6.45) is 2.13. The van der Waals surface area contributed by atoms with Gasteiger partial charge in [0.15, 0.2) is 0 Å². The minimum atomic E-state index is -0.224. The third-order valence-corrected chi connectivity index (χ3v) is 4.01. The summed E-state index contributed by atoms with van der Waals surface area (Å²) in [6, 6.07) is 16.4. The number of ether oxygens (including phenoxy) is 2. The lowest BCUT2D eigenvalue weighted by molar-refractivity contribution is 0.309. The second kappa shape index (κ2) is 8.89. The van der Waals surface area contributed by atoms with Crippen molar-refractivity contribution in [1.82, 2.24) is 9.97 Å². The molecule has 0 aliphatic rings. The number of benzene rings is 2. The summed E-state index contributed by atoms with van der Waals surface area (Å²) in [7, 11) is 1.61. The number of hydrogen-bond donors (Lipinski definition) is 2. The molecule has 0 saturated carbocycles. The molecule has 3 aromatic rings. The van der Waals surface area contributed by atoms with E-state index in [1.165, 1.54) is 6.07 Å². The van der Waals surface area contributed by atoms with Gasteiger partial charge in [-0.25, -0.2) is 4.98 Å². The number of nitrogens with zero attached hydrogens (tertiary/aromatic N) is 1. The predicted molar refractivity (Wildman–Crippen MR) is 107 cm³/mol. The van der Waals surface area contributed by atoms with Gasteiger partial charge < -0.3 is 14.8 Å². The fourth-order valence-corrected chi connectivity index (χ4v) is 2.53. The minimum Gasteiger partial charge on any atom is -0.497 e. The normalized spacial score (nSPS) is 10.4. The molecule has 0 fully saturated rings. The molecule has 2 aromatic carbocycles. The van der Waals surface area contributed by atoms with E-state index in [9.17, 15) is 4.79 Å². The monoisotopic (exact) mass is 365 g/mol. The third-order valence-electron chi connectivity index (χ3n) is 4.01. The maximum atomic E-state index is 12.0. The Balaban J connectivity index is 1.75. The van der Waals surface area contributed by atoms with Crippen molar-refractivity contribution in [1.29, 1.82) is 0 Å². The molecule has 0 atom stereocenters. The summed E-state index contributed by atoms with van der Waals surface area (Å²) >= 11 is 0. The van der Waals surface area contributed by atoms with Gasteiger partial charge in [-0.3, -0.25) is 9.78 Å². The Labute approximate surface area is 158 Å². The number of methoxy groups -OCH3 is 1. The van der Waals surface area contributed by atoms with Crippen LogP contribution >= 0.6 is 0 Å². The molecule has 0 aliphatic heterocycles.